The van der Waals surface area contributed by atoms with E-state index in [0.717, 1.165) is 16.0 Å². The van der Waals surface area contributed by atoms with Crippen molar-refractivity contribution >= 4 is 29.4 Å². The number of nitrogens with one attached hydrogen (secondary N) is 1. The van der Waals surface area contributed by atoms with Crippen molar-refractivity contribution in [2.45, 2.75) is 26.7 Å². The van der Waals surface area contributed by atoms with Crippen LogP contribution in [0.1, 0.15) is 24.0 Å². The highest BCUT2D eigenvalue weighted by Crippen LogP contribution is 2.34. The Morgan fingerprint density at radius 3 is 2.37 bits per heavy atom. The molecule has 1 aliphatic carbocycles. The number of aryl methyl sites for hydroxylation is 1. The lowest BCUT2D eigenvalue weighted by Gasteiger charge is -2.14. The summed E-state index contributed by atoms with van der Waals surface area (Å²) in [6.45, 7) is 2.89. The molecule has 2 aliphatic rings. The third kappa shape index (κ3) is 3.92. The summed E-state index contributed by atoms with van der Waals surface area (Å²) in [5.41, 5.74) is 2.62. The number of fused-ring (bicyclic) bond motifs is 1. The van der Waals surface area contributed by atoms with Gasteiger partial charge in [0, 0.05) is 5.69 Å². The number of rotatable bonds is 5. The first-order valence-electron chi connectivity index (χ1n) is 8.90. The van der Waals surface area contributed by atoms with Crippen molar-refractivity contribution in [3.63, 3.8) is 0 Å². The lowest BCUT2D eigenvalue weighted by molar-refractivity contribution is -0.154. The molecule has 1 aromatic rings. The summed E-state index contributed by atoms with van der Waals surface area (Å²) < 4.78 is 4.95. The van der Waals surface area contributed by atoms with Crippen LogP contribution in [0.15, 0.2) is 30.4 Å². The van der Waals surface area contributed by atoms with E-state index >= 15 is 0 Å². The molecule has 0 bridgehead atoms. The second-order valence-electron chi connectivity index (χ2n) is 6.87. The van der Waals surface area contributed by atoms with Gasteiger partial charge in [0.1, 0.15) is 6.54 Å². The lowest BCUT2D eigenvalue weighted by Crippen LogP contribution is -2.37. The Labute approximate surface area is 157 Å². The van der Waals surface area contributed by atoms with Crippen LogP contribution in [-0.2, 0) is 23.9 Å². The summed E-state index contributed by atoms with van der Waals surface area (Å²) in [6, 6.07) is 5.52. The minimum absolute atomic E-state index is 0.342. The molecule has 0 spiro atoms. The Balaban J connectivity index is 1.51. The van der Waals surface area contributed by atoms with Gasteiger partial charge in [0.15, 0.2) is 6.61 Å². The number of nitrogens with zero attached hydrogens (tertiary/aromatic N) is 1. The summed E-state index contributed by atoms with van der Waals surface area (Å²) in [5.74, 6) is -2.71. The third-order valence-electron chi connectivity index (χ3n) is 5.13. The molecule has 1 N–H and O–H groups in total. The highest BCUT2D eigenvalue weighted by Gasteiger charge is 2.47. The van der Waals surface area contributed by atoms with Gasteiger partial charge in [-0.1, -0.05) is 24.3 Å². The molecule has 3 rings (SSSR count). The molecule has 27 heavy (non-hydrogen) atoms. The van der Waals surface area contributed by atoms with Gasteiger partial charge in [0.25, 0.3) is 5.91 Å². The molecule has 0 aromatic heterocycles. The Morgan fingerprint density at radius 1 is 1.11 bits per heavy atom. The number of carbonyl (C=O) groups excluding carboxylic acids is 4. The second-order valence-corrected chi connectivity index (χ2v) is 6.87. The molecule has 0 saturated carbocycles. The van der Waals surface area contributed by atoms with Gasteiger partial charge in [0.2, 0.25) is 11.8 Å². The van der Waals surface area contributed by atoms with E-state index in [0.29, 0.717) is 18.5 Å². The van der Waals surface area contributed by atoms with E-state index in [9.17, 15) is 19.2 Å². The van der Waals surface area contributed by atoms with Crippen LogP contribution >= 0.6 is 0 Å². The molecule has 1 saturated heterocycles. The number of imide groups is 1. The Kier molecular flexibility index (Phi) is 5.39. The average molecular weight is 370 g/mol. The molecular weight excluding hydrogens is 348 g/mol. The van der Waals surface area contributed by atoms with Gasteiger partial charge in [-0.2, -0.15) is 0 Å². The first-order valence-corrected chi connectivity index (χ1v) is 8.90. The number of likely N-dealkylation sites (tertiary alicyclic amines) is 1. The normalized spacial score (nSPS) is 21.2. The number of benzene rings is 1. The van der Waals surface area contributed by atoms with Gasteiger partial charge in [-0.3, -0.25) is 24.1 Å². The van der Waals surface area contributed by atoms with Crippen molar-refractivity contribution in [2.24, 2.45) is 11.8 Å². The zero-order valence-electron chi connectivity index (χ0n) is 15.4. The van der Waals surface area contributed by atoms with Crippen LogP contribution in [0, 0.1) is 25.7 Å². The molecule has 7 nitrogen and oxygen atoms in total. The van der Waals surface area contributed by atoms with Crippen LogP contribution in [0.5, 0.6) is 0 Å². The topological polar surface area (TPSA) is 92.8 Å². The van der Waals surface area contributed by atoms with Crippen molar-refractivity contribution in [3.8, 4) is 0 Å². The molecule has 1 fully saturated rings. The maximum Gasteiger partial charge on any atom is 0.326 e. The molecule has 1 aliphatic heterocycles. The van der Waals surface area contributed by atoms with E-state index in [4.69, 9.17) is 4.74 Å². The molecule has 1 aromatic carbocycles. The fraction of sp³-hybridized carbons (Fsp3) is 0.400. The molecule has 0 radical (unpaired) electrons. The van der Waals surface area contributed by atoms with Crippen molar-refractivity contribution in [2.75, 3.05) is 18.5 Å². The van der Waals surface area contributed by atoms with Gasteiger partial charge < -0.3 is 10.1 Å². The largest absolute Gasteiger partial charge is 0.454 e. The number of esters is 1. The number of amides is 3. The molecule has 1 heterocycles. The number of allylic oxidation sites excluding steroid dienone is 2. The quantitative estimate of drug-likeness (QED) is 0.484. The van der Waals surface area contributed by atoms with E-state index in [1.54, 1.807) is 6.07 Å². The van der Waals surface area contributed by atoms with E-state index in [2.05, 4.69) is 5.32 Å². The zero-order chi connectivity index (χ0) is 19.6. The maximum absolute atomic E-state index is 12.3. The standard InChI is InChI=1S/C20H22N2O5/c1-12-6-5-9-16(13(12)2)21-17(23)11-27-18(24)10-22-19(25)14-7-3-4-8-15(14)20(22)26/h3-6,9,14-15H,7-8,10-11H2,1-2H3,(H,21,23)/t14-,15+. The van der Waals surface area contributed by atoms with Crippen molar-refractivity contribution in [3.05, 3.63) is 41.5 Å². The van der Waals surface area contributed by atoms with E-state index in [1.165, 1.54) is 0 Å². The van der Waals surface area contributed by atoms with Crippen LogP contribution in [0.25, 0.3) is 0 Å². The summed E-state index contributed by atoms with van der Waals surface area (Å²) >= 11 is 0. The van der Waals surface area contributed by atoms with Crippen molar-refractivity contribution < 1.29 is 23.9 Å². The molecular formula is C20H22N2O5. The molecule has 7 heteroatoms. The fourth-order valence-corrected chi connectivity index (χ4v) is 3.42. The average Bonchev–Trinajstić information content (AvgIpc) is 2.89. The van der Waals surface area contributed by atoms with Crippen molar-refractivity contribution in [1.29, 1.82) is 0 Å². The number of hydrogen-bond donors (Lipinski definition) is 1. The number of hydrogen-bond acceptors (Lipinski definition) is 5. The third-order valence-corrected chi connectivity index (χ3v) is 5.13. The van der Waals surface area contributed by atoms with Gasteiger partial charge in [-0.25, -0.2) is 0 Å². The predicted octanol–water partition coefficient (Wildman–Crippen LogP) is 1.74. The molecule has 142 valence electrons. The van der Waals surface area contributed by atoms with Crippen LogP contribution in [-0.4, -0.2) is 41.7 Å². The van der Waals surface area contributed by atoms with E-state index in [1.807, 2.05) is 38.1 Å². The zero-order valence-corrected chi connectivity index (χ0v) is 15.4. The number of anilines is 1. The van der Waals surface area contributed by atoms with Gasteiger partial charge in [0.05, 0.1) is 11.8 Å². The maximum atomic E-state index is 12.3. The first-order chi connectivity index (χ1) is 12.9. The Morgan fingerprint density at radius 2 is 1.74 bits per heavy atom. The molecule has 2 atom stereocenters. The minimum Gasteiger partial charge on any atom is -0.454 e. The lowest BCUT2D eigenvalue weighted by atomic mass is 9.85. The Hall–Kier alpha value is -2.96. The molecule has 3 amide bonds. The highest BCUT2D eigenvalue weighted by molar-refractivity contribution is 6.07. The van der Waals surface area contributed by atoms with E-state index in [-0.39, 0.29) is 23.7 Å². The smallest absolute Gasteiger partial charge is 0.326 e. The van der Waals surface area contributed by atoms with Gasteiger partial charge in [-0.15, -0.1) is 0 Å². The van der Waals surface area contributed by atoms with Crippen LogP contribution in [0.2, 0.25) is 0 Å². The van der Waals surface area contributed by atoms with Crippen LogP contribution in [0.4, 0.5) is 5.69 Å². The van der Waals surface area contributed by atoms with E-state index < -0.39 is 25.0 Å². The second kappa shape index (κ2) is 7.73. The summed E-state index contributed by atoms with van der Waals surface area (Å²) in [5, 5.41) is 2.69. The highest BCUT2D eigenvalue weighted by atomic mass is 16.5. The minimum atomic E-state index is -0.778. The van der Waals surface area contributed by atoms with Crippen molar-refractivity contribution in [1.82, 2.24) is 4.90 Å². The van der Waals surface area contributed by atoms with Gasteiger partial charge >= 0.3 is 5.97 Å². The SMILES string of the molecule is Cc1cccc(NC(=O)COC(=O)CN2C(=O)[C@H]3CC=CC[C@H]3C2=O)c1C. The monoisotopic (exact) mass is 370 g/mol. The predicted molar refractivity (Wildman–Crippen MR) is 97.6 cm³/mol. The van der Waals surface area contributed by atoms with Crippen LogP contribution < -0.4 is 5.32 Å². The number of carbonyl (C=O) groups is 4. The molecule has 0 unspecified atom stereocenters. The first kappa shape index (κ1) is 18.8. The summed E-state index contributed by atoms with van der Waals surface area (Å²) in [6.07, 6.45) is 4.79. The van der Waals surface area contributed by atoms with Crippen LogP contribution in [0.3, 0.4) is 0 Å². The number of ether oxygens (including phenoxy) is 1. The fourth-order valence-electron chi connectivity index (χ4n) is 3.42. The Bertz CT molecular complexity index is 804. The summed E-state index contributed by atoms with van der Waals surface area (Å²) in [7, 11) is 0. The van der Waals surface area contributed by atoms with Gasteiger partial charge in [-0.05, 0) is 43.9 Å². The summed E-state index contributed by atoms with van der Waals surface area (Å²) in [4.78, 5) is 49.6.